The van der Waals surface area contributed by atoms with Crippen molar-refractivity contribution in [3.63, 3.8) is 0 Å². The van der Waals surface area contributed by atoms with Crippen molar-refractivity contribution in [1.82, 2.24) is 4.57 Å². The quantitative estimate of drug-likeness (QED) is 0.577. The first-order valence-electron chi connectivity index (χ1n) is 4.87. The van der Waals surface area contributed by atoms with Gasteiger partial charge in [0.25, 0.3) is 0 Å². The third-order valence-electron chi connectivity index (χ3n) is 2.72. The minimum Gasteiger partial charge on any atom is -0.347 e. The number of nitrogens with zero attached hydrogens (tertiary/aromatic N) is 1. The lowest BCUT2D eigenvalue weighted by Crippen LogP contribution is -1.99. The van der Waals surface area contributed by atoms with Crippen molar-refractivity contribution in [1.29, 1.82) is 0 Å². The van der Waals surface area contributed by atoms with Gasteiger partial charge in [0, 0.05) is 41.5 Å². The number of aryl methyl sites for hydroxylation is 1. The molecule has 0 spiro atoms. The summed E-state index contributed by atoms with van der Waals surface area (Å²) in [6.45, 7) is 0. The number of hydrogen-bond donors (Lipinski definition) is 0. The van der Waals surface area contributed by atoms with Gasteiger partial charge in [-0.1, -0.05) is 18.2 Å². The summed E-state index contributed by atoms with van der Waals surface area (Å²) >= 11 is 5.74. The Bertz CT molecular complexity index is 502. The number of fused-ring (bicyclic) bond motifs is 1. The third-order valence-corrected chi connectivity index (χ3v) is 2.91. The van der Waals surface area contributed by atoms with Crippen LogP contribution in [0, 0.1) is 0 Å². The molecule has 3 heteroatoms. The summed E-state index contributed by atoms with van der Waals surface area (Å²) in [5.41, 5.74) is 2.87. The average Bonchev–Trinajstić information content (AvgIpc) is 2.54. The van der Waals surface area contributed by atoms with Gasteiger partial charge in [0.1, 0.15) is 0 Å². The van der Waals surface area contributed by atoms with Crippen molar-refractivity contribution in [3.8, 4) is 0 Å². The van der Waals surface area contributed by atoms with Crippen molar-refractivity contribution in [2.45, 2.75) is 6.42 Å². The van der Waals surface area contributed by atoms with Crippen molar-refractivity contribution < 1.29 is 4.79 Å². The fourth-order valence-corrected chi connectivity index (χ4v) is 2.18. The van der Waals surface area contributed by atoms with Gasteiger partial charge in [0.05, 0.1) is 0 Å². The number of hydrogen-bond acceptors (Lipinski definition) is 1. The van der Waals surface area contributed by atoms with E-state index in [2.05, 4.69) is 0 Å². The minimum atomic E-state index is 0.533. The first-order valence-corrected chi connectivity index (χ1v) is 5.40. The first-order chi connectivity index (χ1) is 7.29. The smallest absolute Gasteiger partial charge is 0.152 e. The van der Waals surface area contributed by atoms with Crippen LogP contribution in [0.1, 0.15) is 16.1 Å². The largest absolute Gasteiger partial charge is 0.347 e. The minimum absolute atomic E-state index is 0.533. The van der Waals surface area contributed by atoms with Crippen LogP contribution in [-0.2, 0) is 13.5 Å². The van der Waals surface area contributed by atoms with Gasteiger partial charge in [-0.2, -0.15) is 0 Å². The number of para-hydroxylation sites is 1. The summed E-state index contributed by atoms with van der Waals surface area (Å²) in [4.78, 5) is 11.1. The second-order valence-corrected chi connectivity index (χ2v) is 3.87. The van der Waals surface area contributed by atoms with Gasteiger partial charge < -0.3 is 4.57 Å². The number of carbonyl (C=O) groups is 1. The Morgan fingerprint density at radius 2 is 2.13 bits per heavy atom. The Labute approximate surface area is 93.5 Å². The maximum Gasteiger partial charge on any atom is 0.152 e. The second kappa shape index (κ2) is 4.07. The van der Waals surface area contributed by atoms with Gasteiger partial charge in [-0.15, -0.1) is 11.6 Å². The highest BCUT2D eigenvalue weighted by Gasteiger charge is 2.12. The highest BCUT2D eigenvalue weighted by Crippen LogP contribution is 2.24. The summed E-state index contributed by atoms with van der Waals surface area (Å²) < 4.78 is 2.04. The molecule has 0 bridgehead atoms. The Balaban J connectivity index is 2.77. The molecule has 2 nitrogen and oxygen atoms in total. The Morgan fingerprint density at radius 3 is 2.80 bits per heavy atom. The van der Waals surface area contributed by atoms with Crippen LogP contribution in [0.4, 0.5) is 0 Å². The van der Waals surface area contributed by atoms with E-state index < -0.39 is 0 Å². The van der Waals surface area contributed by atoms with Gasteiger partial charge in [-0.3, -0.25) is 4.79 Å². The zero-order valence-corrected chi connectivity index (χ0v) is 9.29. The normalized spacial score (nSPS) is 10.8. The maximum atomic E-state index is 11.1. The molecule has 0 fully saturated rings. The predicted molar refractivity (Wildman–Crippen MR) is 62.7 cm³/mol. The van der Waals surface area contributed by atoms with E-state index in [1.807, 2.05) is 35.9 Å². The molecule has 0 saturated heterocycles. The molecule has 15 heavy (non-hydrogen) atoms. The maximum absolute atomic E-state index is 11.1. The number of carbonyl (C=O) groups excluding carboxylic acids is 1. The molecule has 0 radical (unpaired) electrons. The van der Waals surface area contributed by atoms with E-state index in [1.165, 1.54) is 0 Å². The molecule has 0 aliphatic carbocycles. The molecule has 1 aromatic carbocycles. The molecule has 0 atom stereocenters. The van der Waals surface area contributed by atoms with Gasteiger partial charge >= 0.3 is 0 Å². The fourth-order valence-electron chi connectivity index (χ4n) is 2.00. The summed E-state index contributed by atoms with van der Waals surface area (Å²) in [6.07, 6.45) is 1.64. The molecule has 0 aliphatic rings. The van der Waals surface area contributed by atoms with Crippen LogP contribution in [0.5, 0.6) is 0 Å². The summed E-state index contributed by atoms with van der Waals surface area (Å²) in [7, 11) is 1.97. The number of benzene rings is 1. The highest BCUT2D eigenvalue weighted by molar-refractivity contribution is 6.18. The van der Waals surface area contributed by atoms with Gasteiger partial charge in [-0.05, 0) is 6.07 Å². The molecule has 1 heterocycles. The molecule has 78 valence electrons. The van der Waals surface area contributed by atoms with Crippen LogP contribution >= 0.6 is 11.6 Å². The number of aromatic nitrogens is 1. The molecule has 0 unspecified atom stereocenters. The van der Waals surface area contributed by atoms with E-state index in [1.54, 1.807) is 0 Å². The molecule has 0 aliphatic heterocycles. The lowest BCUT2D eigenvalue weighted by molar-refractivity contribution is 0.112. The number of halogens is 1. The standard InChI is InChI=1S/C12H12ClNO/c1-14-11-5-3-2-4-9(11)10(8-15)12(14)6-7-13/h2-5,8H,6-7H2,1H3. The van der Waals surface area contributed by atoms with Crippen LogP contribution < -0.4 is 0 Å². The van der Waals surface area contributed by atoms with E-state index in [-0.39, 0.29) is 0 Å². The van der Waals surface area contributed by atoms with Crippen LogP contribution in [0.15, 0.2) is 24.3 Å². The summed E-state index contributed by atoms with van der Waals surface area (Å²) in [5, 5.41) is 1.01. The first kappa shape index (κ1) is 10.2. The SMILES string of the molecule is Cn1c(CCCl)c(C=O)c2ccccc21. The predicted octanol–water partition coefficient (Wildman–Crippen LogP) is 2.77. The van der Waals surface area contributed by atoms with E-state index >= 15 is 0 Å². The Kier molecular flexibility index (Phi) is 2.78. The molecule has 0 saturated carbocycles. The lowest BCUT2D eigenvalue weighted by atomic mass is 10.1. The van der Waals surface area contributed by atoms with Crippen molar-refractivity contribution in [2.24, 2.45) is 7.05 Å². The van der Waals surface area contributed by atoms with Crippen LogP contribution in [-0.4, -0.2) is 16.7 Å². The molecule has 2 aromatic rings. The van der Waals surface area contributed by atoms with Gasteiger partial charge in [-0.25, -0.2) is 0 Å². The van der Waals surface area contributed by atoms with E-state index in [0.29, 0.717) is 5.88 Å². The number of rotatable bonds is 3. The second-order valence-electron chi connectivity index (χ2n) is 3.49. The zero-order chi connectivity index (χ0) is 10.8. The van der Waals surface area contributed by atoms with E-state index in [9.17, 15) is 4.79 Å². The van der Waals surface area contributed by atoms with Gasteiger partial charge in [0.15, 0.2) is 6.29 Å². The fraction of sp³-hybridized carbons (Fsp3) is 0.250. The van der Waals surface area contributed by atoms with Crippen LogP contribution in [0.3, 0.4) is 0 Å². The molecule has 0 N–H and O–H groups in total. The van der Waals surface area contributed by atoms with Crippen LogP contribution in [0.2, 0.25) is 0 Å². The Morgan fingerprint density at radius 1 is 1.40 bits per heavy atom. The Hall–Kier alpha value is -1.28. The van der Waals surface area contributed by atoms with E-state index in [4.69, 9.17) is 11.6 Å². The third kappa shape index (κ3) is 1.55. The van der Waals surface area contributed by atoms with Crippen LogP contribution in [0.25, 0.3) is 10.9 Å². The molecular formula is C12H12ClNO. The van der Waals surface area contributed by atoms with E-state index in [0.717, 1.165) is 34.9 Å². The average molecular weight is 222 g/mol. The summed E-state index contributed by atoms with van der Waals surface area (Å²) in [6, 6.07) is 7.90. The van der Waals surface area contributed by atoms with Crippen molar-refractivity contribution in [2.75, 3.05) is 5.88 Å². The highest BCUT2D eigenvalue weighted by atomic mass is 35.5. The zero-order valence-electron chi connectivity index (χ0n) is 8.53. The lowest BCUT2D eigenvalue weighted by Gasteiger charge is -2.01. The van der Waals surface area contributed by atoms with Gasteiger partial charge in [0.2, 0.25) is 0 Å². The topological polar surface area (TPSA) is 22.0 Å². The number of alkyl halides is 1. The number of aldehydes is 1. The molecule has 0 amide bonds. The monoisotopic (exact) mass is 221 g/mol. The summed E-state index contributed by atoms with van der Waals surface area (Å²) in [5.74, 6) is 0.533. The molecule has 1 aromatic heterocycles. The van der Waals surface area contributed by atoms with Crippen molar-refractivity contribution in [3.05, 3.63) is 35.5 Å². The van der Waals surface area contributed by atoms with Crippen molar-refractivity contribution >= 4 is 28.8 Å². The molecular weight excluding hydrogens is 210 g/mol. The molecule has 2 rings (SSSR count).